The molecule has 0 amide bonds. The number of aryl methyl sites for hydroxylation is 2. The molecule has 0 aliphatic carbocycles. The number of benzene rings is 1. The highest BCUT2D eigenvalue weighted by molar-refractivity contribution is 6.30. The van der Waals surface area contributed by atoms with Crippen LogP contribution in [0, 0.1) is 13.8 Å². The van der Waals surface area contributed by atoms with Gasteiger partial charge in [0.05, 0.1) is 12.5 Å². The number of ketones is 1. The Balaban J connectivity index is 3.02. The van der Waals surface area contributed by atoms with Gasteiger partial charge in [0.2, 0.25) is 0 Å². The van der Waals surface area contributed by atoms with Gasteiger partial charge in [0.1, 0.15) is 5.75 Å². The van der Waals surface area contributed by atoms with Gasteiger partial charge in [-0.05, 0) is 43.5 Å². The molecule has 0 aromatic heterocycles. The van der Waals surface area contributed by atoms with Crippen molar-refractivity contribution in [3.05, 3.63) is 28.8 Å². The number of carbonyl (C=O) groups is 1. The number of Topliss-reactive ketones (excluding diaryl/α,β-unsaturated/α-hetero) is 1. The number of ether oxygens (including phenoxy) is 1. The standard InChI is InChI=1S/C13H17ClO2/c1-4-5-16-13-7-9(2)11(6-10(13)3)12(15)8-14/h6-7H,4-5,8H2,1-3H3. The van der Waals surface area contributed by atoms with E-state index in [4.69, 9.17) is 16.3 Å². The molecule has 0 aliphatic rings. The highest BCUT2D eigenvalue weighted by atomic mass is 35.5. The van der Waals surface area contributed by atoms with Crippen LogP contribution in [-0.2, 0) is 0 Å². The molecule has 0 fully saturated rings. The predicted molar refractivity (Wildman–Crippen MR) is 66.8 cm³/mol. The second-order valence-electron chi connectivity index (χ2n) is 3.84. The molecule has 0 aliphatic heterocycles. The zero-order chi connectivity index (χ0) is 12.1. The van der Waals surface area contributed by atoms with E-state index in [0.29, 0.717) is 12.2 Å². The van der Waals surface area contributed by atoms with Crippen molar-refractivity contribution in [3.8, 4) is 5.75 Å². The molecule has 0 heterocycles. The Kier molecular flexibility index (Phi) is 4.81. The topological polar surface area (TPSA) is 26.3 Å². The van der Waals surface area contributed by atoms with E-state index in [1.165, 1.54) is 0 Å². The van der Waals surface area contributed by atoms with Gasteiger partial charge in [-0.3, -0.25) is 4.79 Å². The maximum absolute atomic E-state index is 11.5. The van der Waals surface area contributed by atoms with Crippen molar-refractivity contribution in [1.82, 2.24) is 0 Å². The second kappa shape index (κ2) is 5.90. The summed E-state index contributed by atoms with van der Waals surface area (Å²) in [5, 5.41) is 0. The Hall–Kier alpha value is -1.02. The SMILES string of the molecule is CCCOc1cc(C)c(C(=O)CCl)cc1C. The van der Waals surface area contributed by atoms with Gasteiger partial charge in [0, 0.05) is 5.56 Å². The average Bonchev–Trinajstić information content (AvgIpc) is 2.28. The minimum absolute atomic E-state index is 0.0233. The molecule has 0 unspecified atom stereocenters. The van der Waals surface area contributed by atoms with Crippen LogP contribution >= 0.6 is 11.6 Å². The van der Waals surface area contributed by atoms with Crippen molar-refractivity contribution in [3.63, 3.8) is 0 Å². The third kappa shape index (κ3) is 2.99. The summed E-state index contributed by atoms with van der Waals surface area (Å²) < 4.78 is 5.59. The number of rotatable bonds is 5. The lowest BCUT2D eigenvalue weighted by Crippen LogP contribution is -2.05. The maximum Gasteiger partial charge on any atom is 0.177 e. The summed E-state index contributed by atoms with van der Waals surface area (Å²) in [7, 11) is 0. The summed E-state index contributed by atoms with van der Waals surface area (Å²) >= 11 is 5.55. The predicted octanol–water partition coefficient (Wildman–Crippen LogP) is 3.51. The lowest BCUT2D eigenvalue weighted by molar-refractivity contribution is 0.102. The monoisotopic (exact) mass is 240 g/mol. The lowest BCUT2D eigenvalue weighted by Gasteiger charge is -2.11. The summed E-state index contributed by atoms with van der Waals surface area (Å²) in [5.74, 6) is 0.838. The highest BCUT2D eigenvalue weighted by Crippen LogP contribution is 2.23. The Morgan fingerprint density at radius 2 is 2.00 bits per heavy atom. The fourth-order valence-corrected chi connectivity index (χ4v) is 1.67. The molecular formula is C13H17ClO2. The Morgan fingerprint density at radius 3 is 2.56 bits per heavy atom. The first-order chi connectivity index (χ1) is 7.60. The number of halogens is 1. The van der Waals surface area contributed by atoms with E-state index in [0.717, 1.165) is 23.3 Å². The highest BCUT2D eigenvalue weighted by Gasteiger charge is 2.11. The molecule has 88 valence electrons. The average molecular weight is 241 g/mol. The van der Waals surface area contributed by atoms with Crippen LogP contribution in [0.1, 0.15) is 34.8 Å². The van der Waals surface area contributed by atoms with E-state index in [1.807, 2.05) is 26.0 Å². The molecule has 0 radical (unpaired) electrons. The summed E-state index contributed by atoms with van der Waals surface area (Å²) in [6, 6.07) is 3.76. The summed E-state index contributed by atoms with van der Waals surface area (Å²) in [5.41, 5.74) is 2.59. The smallest absolute Gasteiger partial charge is 0.177 e. The Labute approximate surface area is 102 Å². The number of hydrogen-bond donors (Lipinski definition) is 0. The molecule has 0 spiro atoms. The molecule has 2 nitrogen and oxygen atoms in total. The van der Waals surface area contributed by atoms with Gasteiger partial charge in [-0.2, -0.15) is 0 Å². The molecule has 3 heteroatoms. The largest absolute Gasteiger partial charge is 0.493 e. The van der Waals surface area contributed by atoms with E-state index in [2.05, 4.69) is 6.92 Å². The zero-order valence-corrected chi connectivity index (χ0v) is 10.7. The third-order valence-corrected chi connectivity index (χ3v) is 2.65. The number of hydrogen-bond acceptors (Lipinski definition) is 2. The first-order valence-electron chi connectivity index (χ1n) is 5.43. The van der Waals surface area contributed by atoms with Crippen molar-refractivity contribution < 1.29 is 9.53 Å². The molecule has 0 saturated heterocycles. The van der Waals surface area contributed by atoms with E-state index in [9.17, 15) is 4.79 Å². The quantitative estimate of drug-likeness (QED) is 0.582. The van der Waals surface area contributed by atoms with Gasteiger partial charge in [-0.15, -0.1) is 11.6 Å². The fourth-order valence-electron chi connectivity index (χ4n) is 1.53. The Morgan fingerprint density at radius 1 is 1.31 bits per heavy atom. The van der Waals surface area contributed by atoms with Crippen LogP contribution in [0.25, 0.3) is 0 Å². The summed E-state index contributed by atoms with van der Waals surface area (Å²) in [4.78, 5) is 11.5. The van der Waals surface area contributed by atoms with Gasteiger partial charge >= 0.3 is 0 Å². The van der Waals surface area contributed by atoms with Crippen molar-refractivity contribution in [2.75, 3.05) is 12.5 Å². The van der Waals surface area contributed by atoms with E-state index < -0.39 is 0 Å². The Bertz CT molecular complexity index is 386. The van der Waals surface area contributed by atoms with E-state index >= 15 is 0 Å². The molecule has 0 bridgehead atoms. The van der Waals surface area contributed by atoms with Gasteiger partial charge in [-0.1, -0.05) is 6.92 Å². The van der Waals surface area contributed by atoms with Crippen LogP contribution in [-0.4, -0.2) is 18.3 Å². The van der Waals surface area contributed by atoms with Crippen LogP contribution in [0.4, 0.5) is 0 Å². The maximum atomic E-state index is 11.5. The first-order valence-corrected chi connectivity index (χ1v) is 5.96. The van der Waals surface area contributed by atoms with Gasteiger partial charge in [-0.25, -0.2) is 0 Å². The van der Waals surface area contributed by atoms with Gasteiger partial charge < -0.3 is 4.74 Å². The van der Waals surface area contributed by atoms with Crippen LogP contribution in [0.3, 0.4) is 0 Å². The molecule has 1 aromatic rings. The van der Waals surface area contributed by atoms with E-state index in [-0.39, 0.29) is 11.7 Å². The first kappa shape index (κ1) is 13.0. The number of alkyl halides is 1. The number of carbonyl (C=O) groups excluding carboxylic acids is 1. The zero-order valence-electron chi connectivity index (χ0n) is 9.97. The molecule has 0 N–H and O–H groups in total. The van der Waals surface area contributed by atoms with Crippen molar-refractivity contribution in [2.45, 2.75) is 27.2 Å². The molecule has 1 rings (SSSR count). The van der Waals surface area contributed by atoms with Crippen LogP contribution in [0.15, 0.2) is 12.1 Å². The second-order valence-corrected chi connectivity index (χ2v) is 4.11. The third-order valence-electron chi connectivity index (χ3n) is 2.41. The van der Waals surface area contributed by atoms with Gasteiger partial charge in [0.25, 0.3) is 0 Å². The summed E-state index contributed by atoms with van der Waals surface area (Å²) in [6.45, 7) is 6.60. The van der Waals surface area contributed by atoms with E-state index in [1.54, 1.807) is 0 Å². The van der Waals surface area contributed by atoms with Crippen molar-refractivity contribution in [2.24, 2.45) is 0 Å². The van der Waals surface area contributed by atoms with Crippen molar-refractivity contribution in [1.29, 1.82) is 0 Å². The van der Waals surface area contributed by atoms with Crippen LogP contribution in [0.2, 0.25) is 0 Å². The molecule has 1 aromatic carbocycles. The molecule has 0 saturated carbocycles. The minimum atomic E-state index is -0.0377. The van der Waals surface area contributed by atoms with Gasteiger partial charge in [0.15, 0.2) is 5.78 Å². The van der Waals surface area contributed by atoms with Crippen LogP contribution in [0.5, 0.6) is 5.75 Å². The lowest BCUT2D eigenvalue weighted by atomic mass is 10.0. The molecular weight excluding hydrogens is 224 g/mol. The molecule has 0 atom stereocenters. The normalized spacial score (nSPS) is 10.2. The van der Waals surface area contributed by atoms with Crippen molar-refractivity contribution >= 4 is 17.4 Å². The summed E-state index contributed by atoms with van der Waals surface area (Å²) in [6.07, 6.45) is 0.973. The fraction of sp³-hybridized carbons (Fsp3) is 0.462. The minimum Gasteiger partial charge on any atom is -0.493 e. The van der Waals surface area contributed by atoms with Crippen LogP contribution < -0.4 is 4.74 Å². The molecule has 16 heavy (non-hydrogen) atoms.